The third kappa shape index (κ3) is 4.87. The summed E-state index contributed by atoms with van der Waals surface area (Å²) >= 11 is 11.8. The predicted molar refractivity (Wildman–Crippen MR) is 98.6 cm³/mol. The second kappa shape index (κ2) is 7.88. The lowest BCUT2D eigenvalue weighted by molar-refractivity contribution is 0.102. The smallest absolute Gasteiger partial charge is 0.257 e. The molecule has 0 spiro atoms. The Labute approximate surface area is 151 Å². The molecule has 0 saturated carbocycles. The first-order valence-electron chi connectivity index (χ1n) is 7.18. The molecule has 0 radical (unpaired) electrons. The molecule has 2 rings (SSSR count). The molecule has 2 aromatic rings. The lowest BCUT2D eigenvalue weighted by atomic mass is 10.1. The maximum atomic E-state index is 12.5. The third-order valence-electron chi connectivity index (χ3n) is 3.09. The Bertz CT molecular complexity index is 854. The second-order valence-electron chi connectivity index (χ2n) is 5.05. The Morgan fingerprint density at radius 3 is 2.46 bits per heavy atom. The van der Waals surface area contributed by atoms with Crippen molar-refractivity contribution >= 4 is 50.5 Å². The van der Waals surface area contributed by atoms with Gasteiger partial charge in [0.25, 0.3) is 5.91 Å². The molecule has 0 heterocycles. The maximum absolute atomic E-state index is 12.5. The normalized spacial score (nSPS) is 11.1. The lowest BCUT2D eigenvalue weighted by Crippen LogP contribution is -2.20. The summed E-state index contributed by atoms with van der Waals surface area (Å²) in [4.78, 5) is 12.5. The SMILES string of the molecule is CCCS(=O)(=O)Nc1ccccc1C(=O)Nc1ccc(Cl)c(Cl)c1. The number of carbonyl (C=O) groups is 1. The van der Waals surface area contributed by atoms with Gasteiger partial charge in [-0.05, 0) is 36.8 Å². The van der Waals surface area contributed by atoms with E-state index in [1.165, 1.54) is 18.2 Å². The van der Waals surface area contributed by atoms with Crippen LogP contribution in [0.3, 0.4) is 0 Å². The van der Waals surface area contributed by atoms with Gasteiger partial charge in [0.1, 0.15) is 0 Å². The predicted octanol–water partition coefficient (Wildman–Crippen LogP) is 4.40. The molecular formula is C16H16Cl2N2O3S. The minimum atomic E-state index is -3.49. The van der Waals surface area contributed by atoms with Crippen LogP contribution in [0.25, 0.3) is 0 Å². The van der Waals surface area contributed by atoms with Crippen LogP contribution in [0, 0.1) is 0 Å². The molecule has 0 bridgehead atoms. The van der Waals surface area contributed by atoms with Crippen LogP contribution in [-0.2, 0) is 10.0 Å². The summed E-state index contributed by atoms with van der Waals surface area (Å²) in [5.74, 6) is -0.473. The molecule has 0 aliphatic carbocycles. The van der Waals surface area contributed by atoms with Crippen LogP contribution in [0.5, 0.6) is 0 Å². The summed E-state index contributed by atoms with van der Waals surface area (Å²) < 4.78 is 26.3. The average Bonchev–Trinajstić information content (AvgIpc) is 2.51. The van der Waals surface area contributed by atoms with E-state index in [0.717, 1.165) is 0 Å². The van der Waals surface area contributed by atoms with Crippen LogP contribution in [0.2, 0.25) is 10.0 Å². The van der Waals surface area contributed by atoms with E-state index in [-0.39, 0.29) is 17.0 Å². The number of rotatable bonds is 6. The quantitative estimate of drug-likeness (QED) is 0.772. The molecule has 5 nitrogen and oxygen atoms in total. The Morgan fingerprint density at radius 1 is 1.08 bits per heavy atom. The Balaban J connectivity index is 2.25. The number of halogens is 2. The van der Waals surface area contributed by atoms with E-state index in [4.69, 9.17) is 23.2 Å². The molecule has 0 aromatic heterocycles. The molecule has 24 heavy (non-hydrogen) atoms. The van der Waals surface area contributed by atoms with Crippen molar-refractivity contribution in [1.82, 2.24) is 0 Å². The molecule has 0 saturated heterocycles. The van der Waals surface area contributed by atoms with Crippen LogP contribution < -0.4 is 10.0 Å². The highest BCUT2D eigenvalue weighted by Gasteiger charge is 2.16. The first kappa shape index (κ1) is 18.6. The monoisotopic (exact) mass is 386 g/mol. The van der Waals surface area contributed by atoms with Gasteiger partial charge in [0.15, 0.2) is 0 Å². The molecule has 8 heteroatoms. The van der Waals surface area contributed by atoms with Gasteiger partial charge in [0.05, 0.1) is 27.0 Å². The van der Waals surface area contributed by atoms with Crippen molar-refractivity contribution in [3.8, 4) is 0 Å². The van der Waals surface area contributed by atoms with Crippen LogP contribution in [-0.4, -0.2) is 20.1 Å². The number of benzene rings is 2. The van der Waals surface area contributed by atoms with Crippen molar-refractivity contribution in [3.05, 3.63) is 58.1 Å². The highest BCUT2D eigenvalue weighted by molar-refractivity contribution is 7.92. The molecule has 2 aromatic carbocycles. The molecule has 0 unspecified atom stereocenters. The number of para-hydroxylation sites is 1. The molecule has 128 valence electrons. The number of hydrogen-bond donors (Lipinski definition) is 2. The summed E-state index contributed by atoms with van der Waals surface area (Å²) in [6, 6.07) is 11.1. The van der Waals surface area contributed by atoms with E-state index in [0.29, 0.717) is 22.2 Å². The van der Waals surface area contributed by atoms with Crippen LogP contribution in [0.15, 0.2) is 42.5 Å². The van der Waals surface area contributed by atoms with Gasteiger partial charge in [-0.3, -0.25) is 9.52 Å². The highest BCUT2D eigenvalue weighted by Crippen LogP contribution is 2.26. The molecule has 0 atom stereocenters. The minimum absolute atomic E-state index is 0.0181. The summed E-state index contributed by atoms with van der Waals surface area (Å²) in [5.41, 5.74) is 0.896. The maximum Gasteiger partial charge on any atom is 0.257 e. The molecule has 0 aliphatic heterocycles. The van der Waals surface area contributed by atoms with E-state index < -0.39 is 15.9 Å². The number of sulfonamides is 1. The largest absolute Gasteiger partial charge is 0.322 e. The van der Waals surface area contributed by atoms with E-state index in [2.05, 4.69) is 10.0 Å². The van der Waals surface area contributed by atoms with Gasteiger partial charge in [-0.1, -0.05) is 42.3 Å². The van der Waals surface area contributed by atoms with Crippen molar-refractivity contribution in [2.45, 2.75) is 13.3 Å². The Morgan fingerprint density at radius 2 is 1.79 bits per heavy atom. The number of amides is 1. The number of anilines is 2. The van der Waals surface area contributed by atoms with E-state index >= 15 is 0 Å². The van der Waals surface area contributed by atoms with Crippen molar-refractivity contribution in [3.63, 3.8) is 0 Å². The topological polar surface area (TPSA) is 75.3 Å². The van der Waals surface area contributed by atoms with Crippen molar-refractivity contribution in [2.24, 2.45) is 0 Å². The minimum Gasteiger partial charge on any atom is -0.322 e. The second-order valence-corrected chi connectivity index (χ2v) is 7.71. The standard InChI is InChI=1S/C16H16Cl2N2O3S/c1-2-9-24(22,23)20-15-6-4-3-5-12(15)16(21)19-11-7-8-13(17)14(18)10-11/h3-8,10,20H,2,9H2,1H3,(H,19,21). The number of carbonyl (C=O) groups excluding carboxylic acids is 1. The zero-order valence-electron chi connectivity index (χ0n) is 12.8. The first-order valence-corrected chi connectivity index (χ1v) is 9.59. The summed E-state index contributed by atoms with van der Waals surface area (Å²) in [7, 11) is -3.49. The molecule has 0 fully saturated rings. The van der Waals surface area contributed by atoms with E-state index in [1.54, 1.807) is 31.2 Å². The molecule has 1 amide bonds. The third-order valence-corrected chi connectivity index (χ3v) is 5.30. The molecular weight excluding hydrogens is 371 g/mol. The first-order chi connectivity index (χ1) is 11.3. The van der Waals surface area contributed by atoms with E-state index in [9.17, 15) is 13.2 Å². The Hall–Kier alpha value is -1.76. The van der Waals surface area contributed by atoms with Gasteiger partial charge in [0.2, 0.25) is 10.0 Å². The number of nitrogens with one attached hydrogen (secondary N) is 2. The van der Waals surface area contributed by atoms with Crippen LogP contribution >= 0.6 is 23.2 Å². The van der Waals surface area contributed by atoms with E-state index in [1.807, 2.05) is 0 Å². The fourth-order valence-electron chi connectivity index (χ4n) is 2.03. The fourth-order valence-corrected chi connectivity index (χ4v) is 3.48. The highest BCUT2D eigenvalue weighted by atomic mass is 35.5. The average molecular weight is 387 g/mol. The lowest BCUT2D eigenvalue weighted by Gasteiger charge is -2.12. The van der Waals surface area contributed by atoms with Gasteiger partial charge < -0.3 is 5.32 Å². The molecule has 0 aliphatic rings. The van der Waals surface area contributed by atoms with Crippen LogP contribution in [0.1, 0.15) is 23.7 Å². The van der Waals surface area contributed by atoms with Gasteiger partial charge in [-0.2, -0.15) is 0 Å². The number of hydrogen-bond acceptors (Lipinski definition) is 3. The van der Waals surface area contributed by atoms with Gasteiger partial charge in [0, 0.05) is 5.69 Å². The zero-order valence-corrected chi connectivity index (χ0v) is 15.2. The van der Waals surface area contributed by atoms with Crippen molar-refractivity contribution in [1.29, 1.82) is 0 Å². The Kier molecular flexibility index (Phi) is 6.10. The summed E-state index contributed by atoms with van der Waals surface area (Å²) in [6.45, 7) is 1.77. The van der Waals surface area contributed by atoms with Crippen molar-refractivity contribution in [2.75, 3.05) is 15.8 Å². The van der Waals surface area contributed by atoms with Crippen molar-refractivity contribution < 1.29 is 13.2 Å². The molecule has 2 N–H and O–H groups in total. The summed E-state index contributed by atoms with van der Waals surface area (Å²) in [5, 5.41) is 3.36. The van der Waals surface area contributed by atoms with Crippen LogP contribution in [0.4, 0.5) is 11.4 Å². The fraction of sp³-hybridized carbons (Fsp3) is 0.188. The zero-order chi connectivity index (χ0) is 17.7. The van der Waals surface area contributed by atoms with Gasteiger partial charge in [-0.15, -0.1) is 0 Å². The van der Waals surface area contributed by atoms with Gasteiger partial charge in [-0.25, -0.2) is 8.42 Å². The van der Waals surface area contributed by atoms with Gasteiger partial charge >= 0.3 is 0 Å². The summed E-state index contributed by atoms with van der Waals surface area (Å²) in [6.07, 6.45) is 0.479.